The number of fused-ring (bicyclic) bond motifs is 1. The fourth-order valence-corrected chi connectivity index (χ4v) is 3.06. The molecule has 0 saturated heterocycles. The second kappa shape index (κ2) is 6.48. The van der Waals surface area contributed by atoms with Gasteiger partial charge in [-0.3, -0.25) is 4.72 Å². The Morgan fingerprint density at radius 1 is 1.21 bits per heavy atom. The van der Waals surface area contributed by atoms with Gasteiger partial charge < -0.3 is 9.15 Å². The van der Waals surface area contributed by atoms with Gasteiger partial charge in [0, 0.05) is 6.92 Å². The number of nitrogens with zero attached hydrogens (tertiary/aromatic N) is 1. The smallest absolute Gasteiger partial charge is 0.236 e. The van der Waals surface area contributed by atoms with Crippen LogP contribution in [0.2, 0.25) is 0 Å². The minimum absolute atomic E-state index is 0.0631. The fourth-order valence-electron chi connectivity index (χ4n) is 2.16. The number of hydrogen-bond donors (Lipinski definition) is 1. The number of oxazole rings is 1. The molecule has 0 spiro atoms. The third-order valence-corrected chi connectivity index (χ3v) is 4.46. The van der Waals surface area contributed by atoms with E-state index in [-0.39, 0.29) is 18.2 Å². The van der Waals surface area contributed by atoms with Gasteiger partial charge in [-0.25, -0.2) is 17.8 Å². The molecule has 0 unspecified atom stereocenters. The summed E-state index contributed by atoms with van der Waals surface area (Å²) in [4.78, 5) is 4.16. The first-order chi connectivity index (χ1) is 11.4. The molecule has 2 aromatic carbocycles. The lowest BCUT2D eigenvalue weighted by Gasteiger charge is -2.09. The monoisotopic (exact) mass is 350 g/mol. The van der Waals surface area contributed by atoms with E-state index in [0.29, 0.717) is 28.4 Å². The maximum absolute atomic E-state index is 12.8. The number of aryl methyl sites for hydroxylation is 1. The van der Waals surface area contributed by atoms with E-state index in [1.54, 1.807) is 25.1 Å². The molecule has 0 aliphatic rings. The molecule has 1 aromatic heterocycles. The third-order valence-electron chi connectivity index (χ3n) is 3.22. The fraction of sp³-hybridized carbons (Fsp3) is 0.188. The van der Waals surface area contributed by atoms with Crippen molar-refractivity contribution < 1.29 is 22.0 Å². The molecule has 126 valence electrons. The van der Waals surface area contributed by atoms with Crippen LogP contribution in [0, 0.1) is 12.7 Å². The zero-order valence-electron chi connectivity index (χ0n) is 12.8. The van der Waals surface area contributed by atoms with Crippen LogP contribution in [0.3, 0.4) is 0 Å². The highest BCUT2D eigenvalue weighted by atomic mass is 32.2. The van der Waals surface area contributed by atoms with Crippen molar-refractivity contribution in [1.82, 2.24) is 4.98 Å². The first kappa shape index (κ1) is 16.3. The Kier molecular flexibility index (Phi) is 4.39. The molecule has 1 N–H and O–H groups in total. The molecule has 0 bridgehead atoms. The standard InChI is InChI=1S/C16H15FN2O4S/c1-11-18-14-3-2-4-15(16(14)23-11)19-24(20,21)10-9-22-13-7-5-12(17)6-8-13/h2-8,19H,9-10H2,1H3. The van der Waals surface area contributed by atoms with Gasteiger partial charge >= 0.3 is 0 Å². The van der Waals surface area contributed by atoms with Crippen LogP contribution < -0.4 is 9.46 Å². The van der Waals surface area contributed by atoms with Crippen LogP contribution in [0.4, 0.5) is 10.1 Å². The van der Waals surface area contributed by atoms with Gasteiger partial charge in [-0.05, 0) is 36.4 Å². The van der Waals surface area contributed by atoms with Gasteiger partial charge in [-0.2, -0.15) is 0 Å². The van der Waals surface area contributed by atoms with E-state index < -0.39 is 10.0 Å². The van der Waals surface area contributed by atoms with E-state index in [0.717, 1.165) is 0 Å². The number of halogens is 1. The summed E-state index contributed by atoms with van der Waals surface area (Å²) in [5.41, 5.74) is 1.29. The molecule has 1 heterocycles. The quantitative estimate of drug-likeness (QED) is 0.739. The van der Waals surface area contributed by atoms with Crippen LogP contribution >= 0.6 is 0 Å². The highest BCUT2D eigenvalue weighted by Crippen LogP contribution is 2.25. The lowest BCUT2D eigenvalue weighted by atomic mass is 10.3. The molecule has 0 saturated carbocycles. The number of benzene rings is 2. The molecule has 0 radical (unpaired) electrons. The number of aromatic nitrogens is 1. The molecule has 0 aliphatic carbocycles. The van der Waals surface area contributed by atoms with Crippen LogP contribution in [0.25, 0.3) is 11.1 Å². The number of rotatable bonds is 6. The SMILES string of the molecule is Cc1nc2cccc(NS(=O)(=O)CCOc3ccc(F)cc3)c2o1. The van der Waals surface area contributed by atoms with Gasteiger partial charge in [0.15, 0.2) is 11.5 Å². The van der Waals surface area contributed by atoms with Gasteiger partial charge in [-0.15, -0.1) is 0 Å². The van der Waals surface area contributed by atoms with Crippen LogP contribution in [0.5, 0.6) is 5.75 Å². The van der Waals surface area contributed by atoms with E-state index >= 15 is 0 Å². The molecule has 0 amide bonds. The summed E-state index contributed by atoms with van der Waals surface area (Å²) >= 11 is 0. The van der Waals surface area contributed by atoms with Gasteiger partial charge in [0.1, 0.15) is 29.4 Å². The molecule has 24 heavy (non-hydrogen) atoms. The zero-order chi connectivity index (χ0) is 17.2. The van der Waals surface area contributed by atoms with Crippen LogP contribution in [0.15, 0.2) is 46.9 Å². The van der Waals surface area contributed by atoms with Gasteiger partial charge in [-0.1, -0.05) is 6.07 Å². The predicted octanol–water partition coefficient (Wildman–Crippen LogP) is 3.10. The second-order valence-electron chi connectivity index (χ2n) is 5.11. The maximum Gasteiger partial charge on any atom is 0.236 e. The predicted molar refractivity (Wildman–Crippen MR) is 88.1 cm³/mol. The van der Waals surface area contributed by atoms with Gasteiger partial charge in [0.25, 0.3) is 0 Å². The van der Waals surface area contributed by atoms with Crippen LogP contribution in [-0.4, -0.2) is 25.8 Å². The number of para-hydroxylation sites is 1. The van der Waals surface area contributed by atoms with Crippen molar-refractivity contribution in [3.63, 3.8) is 0 Å². The summed E-state index contributed by atoms with van der Waals surface area (Å²) in [5, 5.41) is 0. The van der Waals surface area contributed by atoms with Crippen LogP contribution in [-0.2, 0) is 10.0 Å². The van der Waals surface area contributed by atoms with E-state index in [1.165, 1.54) is 24.3 Å². The topological polar surface area (TPSA) is 81.4 Å². The number of ether oxygens (including phenoxy) is 1. The molecule has 0 atom stereocenters. The normalized spacial score (nSPS) is 11.6. The molecule has 3 rings (SSSR count). The second-order valence-corrected chi connectivity index (χ2v) is 6.95. The highest BCUT2D eigenvalue weighted by molar-refractivity contribution is 7.92. The van der Waals surface area contributed by atoms with Gasteiger partial charge in [0.05, 0.1) is 5.69 Å². The summed E-state index contributed by atoms with van der Waals surface area (Å²) in [6, 6.07) is 10.4. The van der Waals surface area contributed by atoms with E-state index in [9.17, 15) is 12.8 Å². The average Bonchev–Trinajstić information content (AvgIpc) is 2.90. The Morgan fingerprint density at radius 2 is 1.96 bits per heavy atom. The Labute approximate surface area is 138 Å². The molecule has 3 aromatic rings. The molecule has 0 aliphatic heterocycles. The van der Waals surface area contributed by atoms with Crippen molar-refractivity contribution in [3.8, 4) is 5.75 Å². The molecular formula is C16H15FN2O4S. The summed E-state index contributed by atoms with van der Waals surface area (Å²) in [6.45, 7) is 1.63. The number of nitrogens with one attached hydrogen (secondary N) is 1. The van der Waals surface area contributed by atoms with Crippen molar-refractivity contribution in [2.75, 3.05) is 17.1 Å². The van der Waals surface area contributed by atoms with Gasteiger partial charge in [0.2, 0.25) is 10.0 Å². The Morgan fingerprint density at radius 3 is 2.71 bits per heavy atom. The third kappa shape index (κ3) is 3.83. The lowest BCUT2D eigenvalue weighted by Crippen LogP contribution is -2.21. The summed E-state index contributed by atoms with van der Waals surface area (Å²) in [7, 11) is -3.63. The Bertz CT molecular complexity index is 952. The lowest BCUT2D eigenvalue weighted by molar-refractivity contribution is 0.340. The molecule has 8 heteroatoms. The Balaban J connectivity index is 1.66. The van der Waals surface area contributed by atoms with Crippen LogP contribution in [0.1, 0.15) is 5.89 Å². The molecular weight excluding hydrogens is 335 g/mol. The van der Waals surface area contributed by atoms with Crippen molar-refractivity contribution in [1.29, 1.82) is 0 Å². The number of anilines is 1. The maximum atomic E-state index is 12.8. The molecule has 6 nitrogen and oxygen atoms in total. The van der Waals surface area contributed by atoms with Crippen molar-refractivity contribution in [2.45, 2.75) is 6.92 Å². The average molecular weight is 350 g/mol. The minimum atomic E-state index is -3.63. The summed E-state index contributed by atoms with van der Waals surface area (Å²) < 4.78 is 50.4. The molecule has 0 fully saturated rings. The van der Waals surface area contributed by atoms with E-state index in [1.807, 2.05) is 0 Å². The van der Waals surface area contributed by atoms with Crippen molar-refractivity contribution in [3.05, 3.63) is 54.2 Å². The number of sulfonamides is 1. The minimum Gasteiger partial charge on any atom is -0.492 e. The van der Waals surface area contributed by atoms with E-state index in [4.69, 9.17) is 9.15 Å². The highest BCUT2D eigenvalue weighted by Gasteiger charge is 2.15. The summed E-state index contributed by atoms with van der Waals surface area (Å²) in [5.74, 6) is 0.219. The Hall–Kier alpha value is -2.61. The van der Waals surface area contributed by atoms with Crippen molar-refractivity contribution in [2.24, 2.45) is 0 Å². The largest absolute Gasteiger partial charge is 0.492 e. The number of hydrogen-bond acceptors (Lipinski definition) is 5. The summed E-state index contributed by atoms with van der Waals surface area (Å²) in [6.07, 6.45) is 0. The first-order valence-corrected chi connectivity index (χ1v) is 8.83. The van der Waals surface area contributed by atoms with Crippen molar-refractivity contribution >= 4 is 26.8 Å². The van der Waals surface area contributed by atoms with E-state index in [2.05, 4.69) is 9.71 Å². The zero-order valence-corrected chi connectivity index (χ0v) is 13.6. The first-order valence-electron chi connectivity index (χ1n) is 7.18.